The van der Waals surface area contributed by atoms with E-state index < -0.39 is 0 Å². The number of amides is 1. The van der Waals surface area contributed by atoms with Crippen LogP contribution in [0, 0.1) is 5.92 Å². The Morgan fingerprint density at radius 1 is 1.26 bits per heavy atom. The zero-order valence-corrected chi connectivity index (χ0v) is 11.7. The van der Waals surface area contributed by atoms with Gasteiger partial charge >= 0.3 is 0 Å². The lowest BCUT2D eigenvalue weighted by molar-refractivity contribution is -0.120. The molecule has 0 atom stereocenters. The largest absolute Gasteiger partial charge is 0.378 e. The summed E-state index contributed by atoms with van der Waals surface area (Å²) in [4.78, 5) is 14.2. The van der Waals surface area contributed by atoms with E-state index in [0.717, 1.165) is 37.1 Å². The fourth-order valence-electron chi connectivity index (χ4n) is 2.49. The Labute approximate surface area is 115 Å². The quantitative estimate of drug-likeness (QED) is 0.877. The smallest absolute Gasteiger partial charge is 0.227 e. The van der Waals surface area contributed by atoms with Gasteiger partial charge in [0.15, 0.2) is 0 Å². The highest BCUT2D eigenvalue weighted by atomic mass is 16.1. The molecular formula is C15H23N3O. The van der Waals surface area contributed by atoms with Crippen molar-refractivity contribution < 1.29 is 4.79 Å². The monoisotopic (exact) mass is 261 g/mol. The molecule has 1 saturated carbocycles. The molecule has 1 amide bonds. The number of nitrogens with one attached hydrogen (secondary N) is 1. The maximum absolute atomic E-state index is 12.2. The summed E-state index contributed by atoms with van der Waals surface area (Å²) in [6, 6.07) is 8.18. The highest BCUT2D eigenvalue weighted by molar-refractivity contribution is 5.93. The van der Waals surface area contributed by atoms with Crippen LogP contribution in [0.15, 0.2) is 24.3 Å². The molecule has 1 aliphatic carbocycles. The number of hydrogen-bond donors (Lipinski definition) is 2. The van der Waals surface area contributed by atoms with Crippen LogP contribution in [0.1, 0.15) is 25.7 Å². The molecule has 1 aromatic rings. The molecule has 0 bridgehead atoms. The normalized spacial score (nSPS) is 22.9. The van der Waals surface area contributed by atoms with Gasteiger partial charge in [0.25, 0.3) is 0 Å². The number of benzene rings is 1. The van der Waals surface area contributed by atoms with Crippen LogP contribution in [-0.2, 0) is 4.79 Å². The second-order valence-corrected chi connectivity index (χ2v) is 5.55. The van der Waals surface area contributed by atoms with Crippen molar-refractivity contribution in [3.63, 3.8) is 0 Å². The molecule has 0 unspecified atom stereocenters. The van der Waals surface area contributed by atoms with Crippen molar-refractivity contribution in [2.75, 3.05) is 24.3 Å². The van der Waals surface area contributed by atoms with Crippen LogP contribution in [0.4, 0.5) is 11.4 Å². The second kappa shape index (κ2) is 6.06. The molecule has 0 radical (unpaired) electrons. The molecular weight excluding hydrogens is 238 g/mol. The molecule has 0 saturated heterocycles. The molecule has 0 aliphatic heterocycles. The third-order valence-electron chi connectivity index (χ3n) is 3.77. The fourth-order valence-corrected chi connectivity index (χ4v) is 2.49. The maximum Gasteiger partial charge on any atom is 0.227 e. The van der Waals surface area contributed by atoms with Crippen molar-refractivity contribution in [3.05, 3.63) is 24.3 Å². The molecule has 0 heterocycles. The summed E-state index contributed by atoms with van der Waals surface area (Å²) in [5.74, 6) is 0.241. The zero-order chi connectivity index (χ0) is 13.8. The first-order chi connectivity index (χ1) is 9.06. The number of rotatable bonds is 3. The van der Waals surface area contributed by atoms with Gasteiger partial charge in [-0.1, -0.05) is 6.07 Å². The Morgan fingerprint density at radius 3 is 2.58 bits per heavy atom. The Morgan fingerprint density at radius 2 is 1.95 bits per heavy atom. The lowest BCUT2D eigenvalue weighted by Crippen LogP contribution is -2.32. The van der Waals surface area contributed by atoms with E-state index in [2.05, 4.69) is 5.32 Å². The van der Waals surface area contributed by atoms with Gasteiger partial charge in [-0.3, -0.25) is 4.79 Å². The molecule has 19 heavy (non-hydrogen) atoms. The van der Waals surface area contributed by atoms with Crippen molar-refractivity contribution >= 4 is 17.3 Å². The van der Waals surface area contributed by atoms with Crippen LogP contribution in [0.3, 0.4) is 0 Å². The van der Waals surface area contributed by atoms with Crippen molar-refractivity contribution in [1.82, 2.24) is 0 Å². The maximum atomic E-state index is 12.2. The number of carbonyl (C=O) groups is 1. The molecule has 1 fully saturated rings. The van der Waals surface area contributed by atoms with Gasteiger partial charge in [-0.25, -0.2) is 0 Å². The van der Waals surface area contributed by atoms with Gasteiger partial charge in [-0.05, 0) is 43.9 Å². The molecule has 0 spiro atoms. The van der Waals surface area contributed by atoms with E-state index in [0.29, 0.717) is 0 Å². The van der Waals surface area contributed by atoms with Gasteiger partial charge in [0.1, 0.15) is 0 Å². The van der Waals surface area contributed by atoms with E-state index in [1.165, 1.54) is 0 Å². The van der Waals surface area contributed by atoms with Crippen LogP contribution in [-0.4, -0.2) is 26.0 Å². The van der Waals surface area contributed by atoms with Gasteiger partial charge in [0.2, 0.25) is 5.91 Å². The summed E-state index contributed by atoms with van der Waals surface area (Å²) >= 11 is 0. The summed E-state index contributed by atoms with van der Waals surface area (Å²) < 4.78 is 0. The molecule has 4 heteroatoms. The average molecular weight is 261 g/mol. The van der Waals surface area contributed by atoms with Crippen molar-refractivity contribution in [2.24, 2.45) is 11.7 Å². The Kier molecular flexibility index (Phi) is 4.43. The Bertz CT molecular complexity index is 437. The zero-order valence-electron chi connectivity index (χ0n) is 11.7. The first-order valence-electron chi connectivity index (χ1n) is 6.90. The molecule has 0 aromatic heterocycles. The highest BCUT2D eigenvalue weighted by Crippen LogP contribution is 2.25. The molecule has 1 aliphatic rings. The predicted octanol–water partition coefficient (Wildman–Crippen LogP) is 2.21. The van der Waals surface area contributed by atoms with E-state index in [1.807, 2.05) is 43.3 Å². The number of nitrogens with zero attached hydrogens (tertiary/aromatic N) is 1. The Hall–Kier alpha value is -1.55. The SMILES string of the molecule is CN(C)c1cccc(NC(=O)C2CCC(N)CC2)c1. The van der Waals surface area contributed by atoms with Crippen molar-refractivity contribution in [2.45, 2.75) is 31.7 Å². The minimum atomic E-state index is 0.114. The summed E-state index contributed by atoms with van der Waals surface area (Å²) in [6.07, 6.45) is 3.71. The molecule has 1 aromatic carbocycles. The summed E-state index contributed by atoms with van der Waals surface area (Å²) in [6.45, 7) is 0. The van der Waals surface area contributed by atoms with Gasteiger partial charge in [0.05, 0.1) is 0 Å². The van der Waals surface area contributed by atoms with E-state index in [1.54, 1.807) is 0 Å². The van der Waals surface area contributed by atoms with Gasteiger partial charge in [-0.2, -0.15) is 0 Å². The average Bonchev–Trinajstić information content (AvgIpc) is 2.39. The standard InChI is InChI=1S/C15H23N3O/c1-18(2)14-5-3-4-13(10-14)17-15(19)11-6-8-12(16)9-7-11/h3-5,10-12H,6-9,16H2,1-2H3,(H,17,19). The minimum absolute atomic E-state index is 0.114. The van der Waals surface area contributed by atoms with Gasteiger partial charge in [0, 0.05) is 37.4 Å². The van der Waals surface area contributed by atoms with Crippen LogP contribution < -0.4 is 16.0 Å². The number of anilines is 2. The van der Waals surface area contributed by atoms with Gasteiger partial charge in [-0.15, -0.1) is 0 Å². The van der Waals surface area contributed by atoms with Crippen molar-refractivity contribution in [1.29, 1.82) is 0 Å². The second-order valence-electron chi connectivity index (χ2n) is 5.55. The van der Waals surface area contributed by atoms with E-state index in [-0.39, 0.29) is 17.9 Å². The fraction of sp³-hybridized carbons (Fsp3) is 0.533. The summed E-state index contributed by atoms with van der Waals surface area (Å²) in [7, 11) is 3.98. The van der Waals surface area contributed by atoms with Crippen LogP contribution in [0.2, 0.25) is 0 Å². The lowest BCUT2D eigenvalue weighted by Gasteiger charge is -2.25. The molecule has 4 nitrogen and oxygen atoms in total. The van der Waals surface area contributed by atoms with Crippen LogP contribution in [0.25, 0.3) is 0 Å². The topological polar surface area (TPSA) is 58.4 Å². The predicted molar refractivity (Wildman–Crippen MR) is 79.3 cm³/mol. The number of hydrogen-bond acceptors (Lipinski definition) is 3. The minimum Gasteiger partial charge on any atom is -0.378 e. The lowest BCUT2D eigenvalue weighted by atomic mass is 9.86. The van der Waals surface area contributed by atoms with E-state index in [4.69, 9.17) is 5.73 Å². The van der Waals surface area contributed by atoms with Crippen LogP contribution in [0.5, 0.6) is 0 Å². The molecule has 104 valence electrons. The third kappa shape index (κ3) is 3.70. The summed E-state index contributed by atoms with van der Waals surface area (Å²) in [5, 5.41) is 3.02. The summed E-state index contributed by atoms with van der Waals surface area (Å²) in [5.41, 5.74) is 7.82. The van der Waals surface area contributed by atoms with E-state index in [9.17, 15) is 4.79 Å². The number of nitrogens with two attached hydrogens (primary N) is 1. The highest BCUT2D eigenvalue weighted by Gasteiger charge is 2.24. The van der Waals surface area contributed by atoms with Crippen molar-refractivity contribution in [3.8, 4) is 0 Å². The first kappa shape index (κ1) is 13.9. The Balaban J connectivity index is 1.97. The van der Waals surface area contributed by atoms with Crippen LogP contribution >= 0.6 is 0 Å². The number of carbonyl (C=O) groups excluding carboxylic acids is 1. The third-order valence-corrected chi connectivity index (χ3v) is 3.77. The molecule has 3 N–H and O–H groups in total. The first-order valence-corrected chi connectivity index (χ1v) is 6.90. The van der Waals surface area contributed by atoms with Gasteiger partial charge < -0.3 is 16.0 Å². The van der Waals surface area contributed by atoms with E-state index >= 15 is 0 Å². The molecule has 2 rings (SSSR count).